The van der Waals surface area contributed by atoms with Crippen molar-refractivity contribution in [2.24, 2.45) is 5.10 Å². The molecule has 2 N–H and O–H groups in total. The highest BCUT2D eigenvalue weighted by Gasteiger charge is 2.16. The fraction of sp³-hybridized carbons (Fsp3) is 0.0455. The first-order valence-corrected chi connectivity index (χ1v) is 10.6. The fourth-order valence-electron chi connectivity index (χ4n) is 2.55. The van der Waals surface area contributed by atoms with Gasteiger partial charge in [0, 0.05) is 15.7 Å². The standard InChI is InChI=1S/C22H16Cl3N3O3S/c1-30-20-9-13(12-26-28-22(32)27-16-4-2-3-14(23)10-16)5-8-19(20)31-21(29)17-7-6-15(24)11-18(17)25/h2-12H,1H3,(H2,27,28,32)/b26-12+. The molecule has 3 aromatic rings. The van der Waals surface area contributed by atoms with Gasteiger partial charge in [0.05, 0.1) is 23.9 Å². The summed E-state index contributed by atoms with van der Waals surface area (Å²) in [6.07, 6.45) is 1.54. The summed E-state index contributed by atoms with van der Waals surface area (Å²) < 4.78 is 10.7. The molecule has 164 valence electrons. The first kappa shape index (κ1) is 23.8. The molecule has 0 bridgehead atoms. The Balaban J connectivity index is 1.64. The fourth-order valence-corrected chi connectivity index (χ4v) is 3.40. The number of benzene rings is 3. The van der Waals surface area contributed by atoms with Crippen molar-refractivity contribution in [3.05, 3.63) is 86.9 Å². The Bertz CT molecular complexity index is 1190. The van der Waals surface area contributed by atoms with Crippen LogP contribution < -0.4 is 20.2 Å². The van der Waals surface area contributed by atoms with Crippen LogP contribution >= 0.6 is 47.0 Å². The number of halogens is 3. The molecule has 0 atom stereocenters. The minimum absolute atomic E-state index is 0.189. The molecule has 3 aromatic carbocycles. The van der Waals surface area contributed by atoms with Crippen molar-refractivity contribution in [1.29, 1.82) is 0 Å². The molecular weight excluding hydrogens is 493 g/mol. The third-order valence-corrected chi connectivity index (χ3v) is 4.98. The van der Waals surface area contributed by atoms with Gasteiger partial charge < -0.3 is 14.8 Å². The van der Waals surface area contributed by atoms with E-state index < -0.39 is 5.97 Å². The first-order chi connectivity index (χ1) is 15.4. The monoisotopic (exact) mass is 507 g/mol. The van der Waals surface area contributed by atoms with E-state index in [9.17, 15) is 4.79 Å². The van der Waals surface area contributed by atoms with Gasteiger partial charge in [0.1, 0.15) is 0 Å². The van der Waals surface area contributed by atoms with E-state index in [4.69, 9.17) is 56.5 Å². The molecule has 0 saturated carbocycles. The van der Waals surface area contributed by atoms with Gasteiger partial charge in [-0.3, -0.25) is 5.43 Å². The lowest BCUT2D eigenvalue weighted by atomic mass is 10.2. The van der Waals surface area contributed by atoms with Crippen LogP contribution in [0.3, 0.4) is 0 Å². The molecule has 0 unspecified atom stereocenters. The van der Waals surface area contributed by atoms with Crippen LogP contribution in [0.4, 0.5) is 5.69 Å². The van der Waals surface area contributed by atoms with E-state index in [1.807, 2.05) is 6.07 Å². The average Bonchev–Trinajstić information content (AvgIpc) is 2.74. The second kappa shape index (κ2) is 11.2. The number of hydrogen-bond donors (Lipinski definition) is 2. The number of nitrogens with one attached hydrogen (secondary N) is 2. The Morgan fingerprint density at radius 3 is 2.50 bits per heavy atom. The smallest absolute Gasteiger partial charge is 0.345 e. The first-order valence-electron chi connectivity index (χ1n) is 9.06. The predicted octanol–water partition coefficient (Wildman–Crippen LogP) is 6.20. The van der Waals surface area contributed by atoms with Crippen LogP contribution in [0.1, 0.15) is 15.9 Å². The summed E-state index contributed by atoms with van der Waals surface area (Å²) in [5.41, 5.74) is 4.32. The van der Waals surface area contributed by atoms with Crippen molar-refractivity contribution in [3.63, 3.8) is 0 Å². The zero-order chi connectivity index (χ0) is 23.1. The van der Waals surface area contributed by atoms with Gasteiger partial charge in [-0.2, -0.15) is 5.10 Å². The van der Waals surface area contributed by atoms with Crippen molar-refractivity contribution in [1.82, 2.24) is 5.43 Å². The molecule has 0 saturated heterocycles. The molecule has 3 rings (SSSR count). The summed E-state index contributed by atoms with van der Waals surface area (Å²) in [6, 6.07) is 16.6. The maximum atomic E-state index is 12.4. The molecule has 6 nitrogen and oxygen atoms in total. The summed E-state index contributed by atoms with van der Waals surface area (Å²) in [6.45, 7) is 0. The highest BCUT2D eigenvalue weighted by molar-refractivity contribution is 7.80. The molecule has 0 aliphatic rings. The third kappa shape index (κ3) is 6.58. The van der Waals surface area contributed by atoms with Crippen LogP contribution in [0.2, 0.25) is 15.1 Å². The van der Waals surface area contributed by atoms with Crippen LogP contribution in [0.25, 0.3) is 0 Å². The van der Waals surface area contributed by atoms with Crippen molar-refractivity contribution in [3.8, 4) is 11.5 Å². The van der Waals surface area contributed by atoms with E-state index in [-0.39, 0.29) is 16.3 Å². The molecule has 0 aliphatic carbocycles. The van der Waals surface area contributed by atoms with Crippen LogP contribution in [-0.4, -0.2) is 24.4 Å². The van der Waals surface area contributed by atoms with Gasteiger partial charge in [0.2, 0.25) is 0 Å². The number of hydrazone groups is 1. The zero-order valence-corrected chi connectivity index (χ0v) is 19.6. The van der Waals surface area contributed by atoms with Crippen LogP contribution in [0.5, 0.6) is 11.5 Å². The molecule has 0 amide bonds. The molecule has 0 radical (unpaired) electrons. The van der Waals surface area contributed by atoms with Crippen LogP contribution in [0.15, 0.2) is 65.8 Å². The predicted molar refractivity (Wildman–Crippen MR) is 133 cm³/mol. The molecule has 0 spiro atoms. The number of hydrogen-bond acceptors (Lipinski definition) is 5. The lowest BCUT2D eigenvalue weighted by Gasteiger charge is -2.11. The Morgan fingerprint density at radius 2 is 1.78 bits per heavy atom. The molecule has 0 heterocycles. The van der Waals surface area contributed by atoms with Gasteiger partial charge >= 0.3 is 5.97 Å². The van der Waals surface area contributed by atoms with E-state index in [2.05, 4.69) is 15.8 Å². The number of anilines is 1. The van der Waals surface area contributed by atoms with Crippen molar-refractivity contribution < 1.29 is 14.3 Å². The summed E-state index contributed by atoms with van der Waals surface area (Å²) in [5, 5.41) is 8.55. The number of carbonyl (C=O) groups excluding carboxylic acids is 1. The van der Waals surface area contributed by atoms with Gasteiger partial charge in [0.15, 0.2) is 16.6 Å². The van der Waals surface area contributed by atoms with Crippen LogP contribution in [0, 0.1) is 0 Å². The van der Waals surface area contributed by atoms with Crippen molar-refractivity contribution in [2.75, 3.05) is 12.4 Å². The van der Waals surface area contributed by atoms with E-state index in [0.29, 0.717) is 26.5 Å². The number of thiocarbonyl (C=S) groups is 1. The SMILES string of the molecule is COc1cc(/C=N/NC(=S)Nc2cccc(Cl)c2)ccc1OC(=O)c1ccc(Cl)cc1Cl. The number of methoxy groups -OCH3 is 1. The Labute approximate surface area is 205 Å². The van der Waals surface area contributed by atoms with E-state index >= 15 is 0 Å². The quantitative estimate of drug-likeness (QED) is 0.136. The summed E-state index contributed by atoms with van der Waals surface area (Å²) in [4.78, 5) is 12.4. The minimum Gasteiger partial charge on any atom is -0.493 e. The van der Waals surface area contributed by atoms with Gasteiger partial charge in [-0.15, -0.1) is 0 Å². The molecule has 32 heavy (non-hydrogen) atoms. The van der Waals surface area contributed by atoms with Gasteiger partial charge in [-0.05, 0) is 72.4 Å². The van der Waals surface area contributed by atoms with Crippen molar-refractivity contribution >= 4 is 70.0 Å². The molecular formula is C22H16Cl3N3O3S. The van der Waals surface area contributed by atoms with Gasteiger partial charge in [-0.1, -0.05) is 40.9 Å². The lowest BCUT2D eigenvalue weighted by molar-refractivity contribution is 0.0730. The zero-order valence-electron chi connectivity index (χ0n) is 16.6. The normalized spacial score (nSPS) is 10.6. The molecule has 10 heteroatoms. The number of nitrogens with zero attached hydrogens (tertiary/aromatic N) is 1. The lowest BCUT2D eigenvalue weighted by Crippen LogP contribution is -2.23. The van der Waals surface area contributed by atoms with E-state index in [0.717, 1.165) is 5.69 Å². The minimum atomic E-state index is -0.634. The highest BCUT2D eigenvalue weighted by atomic mass is 35.5. The van der Waals surface area contributed by atoms with Gasteiger partial charge in [-0.25, -0.2) is 4.79 Å². The number of ether oxygens (including phenoxy) is 2. The second-order valence-corrected chi connectivity index (χ2v) is 7.95. The summed E-state index contributed by atoms with van der Waals surface area (Å²) in [7, 11) is 1.46. The largest absolute Gasteiger partial charge is 0.493 e. The Kier molecular flexibility index (Phi) is 8.30. The topological polar surface area (TPSA) is 71.9 Å². The van der Waals surface area contributed by atoms with Crippen LogP contribution in [-0.2, 0) is 0 Å². The molecule has 0 fully saturated rings. The summed E-state index contributed by atoms with van der Waals surface area (Å²) in [5.74, 6) is -0.0655. The second-order valence-electron chi connectivity index (χ2n) is 6.26. The van der Waals surface area contributed by atoms with E-state index in [1.54, 1.807) is 42.5 Å². The Hall–Kier alpha value is -2.84. The summed E-state index contributed by atoms with van der Waals surface area (Å²) >= 11 is 23.1. The number of carbonyl (C=O) groups is 1. The van der Waals surface area contributed by atoms with Gasteiger partial charge in [0.25, 0.3) is 0 Å². The average molecular weight is 509 g/mol. The number of rotatable bonds is 6. The maximum absolute atomic E-state index is 12.4. The maximum Gasteiger partial charge on any atom is 0.345 e. The molecule has 0 aliphatic heterocycles. The Morgan fingerprint density at radius 1 is 1.00 bits per heavy atom. The van der Waals surface area contributed by atoms with E-state index in [1.165, 1.54) is 25.5 Å². The number of esters is 1. The third-order valence-electron chi connectivity index (χ3n) is 4.00. The van der Waals surface area contributed by atoms with Crippen molar-refractivity contribution in [2.45, 2.75) is 0 Å². The highest BCUT2D eigenvalue weighted by Crippen LogP contribution is 2.30. The molecule has 0 aromatic heterocycles.